The van der Waals surface area contributed by atoms with E-state index in [0.29, 0.717) is 0 Å². The van der Waals surface area contributed by atoms with Crippen LogP contribution in [0.2, 0.25) is 0 Å². The van der Waals surface area contributed by atoms with Crippen LogP contribution in [-0.2, 0) is 10.4 Å². The van der Waals surface area contributed by atoms with Crippen molar-refractivity contribution in [3.8, 4) is 5.75 Å². The highest BCUT2D eigenvalue weighted by molar-refractivity contribution is 7.79. The third kappa shape index (κ3) is 21.8. The van der Waals surface area contributed by atoms with Gasteiger partial charge in [-0.3, -0.25) is 9.11 Å². The fourth-order valence-corrected chi connectivity index (χ4v) is 1.25. The van der Waals surface area contributed by atoms with Crippen molar-refractivity contribution in [1.29, 1.82) is 0 Å². The summed E-state index contributed by atoms with van der Waals surface area (Å²) in [6, 6.07) is 19.8. The highest BCUT2D eigenvalue weighted by Crippen LogP contribution is 2.09. The topological polar surface area (TPSA) is 154 Å². The molecule has 0 bridgehead atoms. The molecule has 0 saturated carbocycles. The van der Waals surface area contributed by atoms with Crippen molar-refractivity contribution in [1.82, 2.24) is 12.3 Å². The minimum atomic E-state index is -4.67. The van der Waals surface area contributed by atoms with Crippen LogP contribution >= 0.6 is 0 Å². The summed E-state index contributed by atoms with van der Waals surface area (Å²) in [4.78, 5) is 0. The van der Waals surface area contributed by atoms with Crippen LogP contribution in [0.3, 0.4) is 0 Å². The molecule has 0 radical (unpaired) electrons. The van der Waals surface area contributed by atoms with Gasteiger partial charge in [-0.05, 0) is 23.8 Å². The molecule has 0 heterocycles. The van der Waals surface area contributed by atoms with Crippen molar-refractivity contribution < 1.29 is 22.3 Å². The first-order chi connectivity index (χ1) is 10.9. The average molecular weight is 372 g/mol. The monoisotopic (exact) mass is 372 g/mol. The Morgan fingerprint density at radius 2 is 1.24 bits per heavy atom. The van der Waals surface area contributed by atoms with Crippen molar-refractivity contribution in [2.75, 3.05) is 0 Å². The molecule has 0 aliphatic heterocycles. The van der Waals surface area contributed by atoms with Crippen LogP contribution in [-0.4, -0.2) is 17.5 Å². The Morgan fingerprint density at radius 3 is 1.64 bits per heavy atom. The van der Waals surface area contributed by atoms with Crippen LogP contribution < -0.4 is 17.0 Å². The van der Waals surface area contributed by atoms with E-state index in [0.717, 1.165) is 11.3 Å². The normalized spacial score (nSPS) is 9.28. The molecule has 0 fully saturated rings. The summed E-state index contributed by atoms with van der Waals surface area (Å²) < 4.78 is 37.0. The van der Waals surface area contributed by atoms with Gasteiger partial charge in [-0.25, -0.2) is 0 Å². The third-order valence-electron chi connectivity index (χ3n) is 2.01. The molecule has 8 N–H and O–H groups in total. The van der Waals surface area contributed by atoms with Crippen molar-refractivity contribution in [3.63, 3.8) is 0 Å². The summed E-state index contributed by atoms with van der Waals surface area (Å²) in [7, 11) is -4.67. The zero-order chi connectivity index (χ0) is 17.6. The van der Waals surface area contributed by atoms with E-state index in [1.807, 2.05) is 66.7 Å². The summed E-state index contributed by atoms with van der Waals surface area (Å²) in [5, 5.41) is 0. The van der Waals surface area contributed by atoms with Gasteiger partial charge in [0, 0.05) is 0 Å². The van der Waals surface area contributed by atoms with Gasteiger partial charge in [0.1, 0.15) is 5.75 Å². The molecular weight excluding hydrogens is 344 g/mol. The van der Waals surface area contributed by atoms with Gasteiger partial charge in [0.2, 0.25) is 0 Å². The highest BCUT2D eigenvalue weighted by atomic mass is 32.3. The van der Waals surface area contributed by atoms with E-state index in [2.05, 4.69) is 13.8 Å². The number of benzene rings is 2. The Morgan fingerprint density at radius 1 is 0.880 bits per heavy atom. The summed E-state index contributed by atoms with van der Waals surface area (Å²) in [6.45, 7) is 4.25. The molecule has 2 aromatic carbocycles. The lowest BCUT2D eigenvalue weighted by Crippen LogP contribution is -1.89. The number of ether oxygens (including phenoxy) is 1. The van der Waals surface area contributed by atoms with Gasteiger partial charge >= 0.3 is 10.4 Å². The first-order valence-electron chi connectivity index (χ1n) is 7.00. The van der Waals surface area contributed by atoms with E-state index in [4.69, 9.17) is 22.3 Å². The molecule has 0 unspecified atom stereocenters. The second-order valence-electron chi connectivity index (χ2n) is 4.30. The van der Waals surface area contributed by atoms with E-state index in [9.17, 15) is 0 Å². The summed E-state index contributed by atoms with van der Waals surface area (Å²) >= 11 is 0. The minimum absolute atomic E-state index is 0. The molecule has 0 saturated heterocycles. The number of para-hydroxylation sites is 1. The van der Waals surface area contributed by atoms with Crippen LogP contribution in [0.4, 0.5) is 0 Å². The molecule has 0 aliphatic carbocycles. The van der Waals surface area contributed by atoms with Gasteiger partial charge in [-0.1, -0.05) is 68.8 Å². The molecule has 0 aromatic heterocycles. The summed E-state index contributed by atoms with van der Waals surface area (Å²) in [6.07, 6.45) is 4.89. The average Bonchev–Trinajstić information content (AvgIpc) is 2.49. The maximum absolute atomic E-state index is 8.74. The third-order valence-corrected chi connectivity index (χ3v) is 2.01. The van der Waals surface area contributed by atoms with Gasteiger partial charge in [0.25, 0.3) is 0 Å². The maximum atomic E-state index is 8.74. The number of hydrogen-bond donors (Lipinski definition) is 4. The smallest absolute Gasteiger partial charge is 0.394 e. The number of rotatable bonds is 3. The zero-order valence-corrected chi connectivity index (χ0v) is 15.4. The maximum Gasteiger partial charge on any atom is 0.394 e. The van der Waals surface area contributed by atoms with Gasteiger partial charge in [-0.15, -0.1) is 0 Å². The number of hydrogen-bond acceptors (Lipinski definition) is 5. The predicted molar refractivity (Wildman–Crippen MR) is 103 cm³/mol. The predicted octanol–water partition coefficient (Wildman–Crippen LogP) is 4.82. The Labute approximate surface area is 150 Å². The van der Waals surface area contributed by atoms with Crippen LogP contribution in [0.5, 0.6) is 5.75 Å². The molecule has 2 aromatic rings. The van der Waals surface area contributed by atoms with E-state index in [1.54, 1.807) is 6.26 Å². The zero-order valence-electron chi connectivity index (χ0n) is 14.6. The molecule has 2 rings (SSSR count). The van der Waals surface area contributed by atoms with E-state index >= 15 is 0 Å². The molecule has 7 nitrogen and oxygen atoms in total. The lowest BCUT2D eigenvalue weighted by molar-refractivity contribution is 0.381. The second kappa shape index (κ2) is 16.6. The van der Waals surface area contributed by atoms with Crippen molar-refractivity contribution >= 4 is 16.5 Å². The molecule has 0 aliphatic rings. The molecule has 0 spiro atoms. The van der Waals surface area contributed by atoms with E-state index < -0.39 is 10.4 Å². The van der Waals surface area contributed by atoms with Crippen molar-refractivity contribution in [3.05, 3.63) is 72.5 Å². The molecular formula is C17H28N2O5S. The molecule has 8 heteroatoms. The Hall–Kier alpha value is -2.23. The van der Waals surface area contributed by atoms with Crippen molar-refractivity contribution in [2.24, 2.45) is 0 Å². The minimum Gasteiger partial charge on any atom is -0.465 e. The highest BCUT2D eigenvalue weighted by Gasteiger charge is 1.86. The quantitative estimate of drug-likeness (QED) is 0.444. The van der Waals surface area contributed by atoms with Crippen molar-refractivity contribution in [2.45, 2.75) is 20.3 Å². The fourth-order valence-electron chi connectivity index (χ4n) is 1.25. The van der Waals surface area contributed by atoms with Crippen LogP contribution in [0.1, 0.15) is 25.8 Å². The fraction of sp³-hybridized carbons (Fsp3) is 0.176. The standard InChI is InChI=1S/C14H12O.C3H8.2H3N.H2O4S/c1-3-7-13(8-4-1)11-12-15-14-9-5-2-6-10-14;1-3-2;;;1-5(2,3)4/h1-12H;3H2,1-2H3;2*1H3;(H2,1,2,3,4). The first kappa shape index (κ1) is 27.6. The molecule has 0 atom stereocenters. The SMILES string of the molecule is C(=Cc1ccccc1)Oc1ccccc1.CCC.N.N.O=S(=O)(O)O. The summed E-state index contributed by atoms with van der Waals surface area (Å²) in [5.41, 5.74) is 1.13. The molecule has 0 amide bonds. The second-order valence-corrected chi connectivity index (χ2v) is 5.19. The van der Waals surface area contributed by atoms with E-state index in [-0.39, 0.29) is 12.3 Å². The van der Waals surface area contributed by atoms with Crippen LogP contribution in [0.25, 0.3) is 6.08 Å². The lowest BCUT2D eigenvalue weighted by Gasteiger charge is -1.98. The molecule has 142 valence electrons. The molecule has 25 heavy (non-hydrogen) atoms. The van der Waals surface area contributed by atoms with Gasteiger partial charge in [0.05, 0.1) is 6.26 Å². The van der Waals surface area contributed by atoms with Crippen LogP contribution in [0.15, 0.2) is 66.9 Å². The largest absolute Gasteiger partial charge is 0.465 e. The lowest BCUT2D eigenvalue weighted by atomic mass is 10.2. The van der Waals surface area contributed by atoms with Gasteiger partial charge in [0.15, 0.2) is 0 Å². The van der Waals surface area contributed by atoms with E-state index in [1.165, 1.54) is 6.42 Å². The Balaban J connectivity index is -0.000000416. The Kier molecular flexibility index (Phi) is 18.4. The summed E-state index contributed by atoms with van der Waals surface area (Å²) in [5.74, 6) is 0.852. The van der Waals surface area contributed by atoms with Crippen LogP contribution in [0, 0.1) is 0 Å². The van der Waals surface area contributed by atoms with Gasteiger partial charge < -0.3 is 17.0 Å². The first-order valence-corrected chi connectivity index (χ1v) is 8.39. The Bertz CT molecular complexity index is 639. The van der Waals surface area contributed by atoms with Gasteiger partial charge in [-0.2, -0.15) is 8.42 Å².